The van der Waals surface area contributed by atoms with E-state index in [1.54, 1.807) is 0 Å². The summed E-state index contributed by atoms with van der Waals surface area (Å²) in [6, 6.07) is 3.18. The number of hydrogen-bond acceptors (Lipinski definition) is 3. The summed E-state index contributed by atoms with van der Waals surface area (Å²) in [6.45, 7) is 4.50. The zero-order chi connectivity index (χ0) is 13.4. The molecule has 3 aliphatic heterocycles. The molecule has 110 valence electrons. The van der Waals surface area contributed by atoms with Gasteiger partial charge < -0.3 is 10.6 Å². The van der Waals surface area contributed by atoms with Crippen molar-refractivity contribution in [2.24, 2.45) is 11.7 Å². The van der Waals surface area contributed by atoms with Crippen LogP contribution >= 0.6 is 0 Å². The number of hydrogen-bond donors (Lipinski definition) is 1. The number of nitrogens with two attached hydrogens (primary N) is 1. The van der Waals surface area contributed by atoms with Gasteiger partial charge in [0.25, 0.3) is 0 Å². The van der Waals surface area contributed by atoms with Crippen molar-refractivity contribution >= 4 is 0 Å². The molecule has 0 spiro atoms. The maximum absolute atomic E-state index is 6.08. The van der Waals surface area contributed by atoms with Gasteiger partial charge in [-0.15, -0.1) is 0 Å². The quantitative estimate of drug-likeness (QED) is 0.848. The van der Waals surface area contributed by atoms with Crippen molar-refractivity contribution in [3.63, 3.8) is 0 Å². The van der Waals surface area contributed by atoms with Crippen LogP contribution in [-0.4, -0.2) is 54.1 Å². The summed E-state index contributed by atoms with van der Waals surface area (Å²) in [5, 5.41) is 0. The summed E-state index contributed by atoms with van der Waals surface area (Å²) in [4.78, 5) is 5.44. The highest BCUT2D eigenvalue weighted by Gasteiger charge is 2.42. The summed E-state index contributed by atoms with van der Waals surface area (Å²) >= 11 is 0. The Morgan fingerprint density at radius 3 is 2.26 bits per heavy atom. The van der Waals surface area contributed by atoms with Crippen molar-refractivity contribution in [1.82, 2.24) is 9.80 Å². The Balaban J connectivity index is 1.65. The second-order valence-electron chi connectivity index (χ2n) is 7.10. The van der Waals surface area contributed by atoms with Crippen molar-refractivity contribution in [2.45, 2.75) is 76.0 Å². The van der Waals surface area contributed by atoms with E-state index in [1.165, 1.54) is 51.5 Å². The fourth-order valence-corrected chi connectivity index (χ4v) is 4.89. The molecule has 0 amide bonds. The Bertz CT molecular complexity index is 292. The zero-order valence-electron chi connectivity index (χ0n) is 12.7. The van der Waals surface area contributed by atoms with Crippen molar-refractivity contribution in [3.05, 3.63) is 0 Å². The lowest BCUT2D eigenvalue weighted by Gasteiger charge is -2.48. The number of nitrogens with zero attached hydrogens (tertiary/aromatic N) is 2. The molecule has 3 aliphatic rings. The summed E-state index contributed by atoms with van der Waals surface area (Å²) in [7, 11) is 2.34. The number of piperidine rings is 2. The van der Waals surface area contributed by atoms with Crippen LogP contribution in [0.3, 0.4) is 0 Å². The molecule has 0 aliphatic carbocycles. The molecular weight excluding hydrogens is 234 g/mol. The zero-order valence-corrected chi connectivity index (χ0v) is 12.7. The van der Waals surface area contributed by atoms with E-state index in [0.717, 1.165) is 30.6 Å². The second kappa shape index (κ2) is 5.71. The molecule has 3 nitrogen and oxygen atoms in total. The van der Waals surface area contributed by atoms with Gasteiger partial charge in [0, 0.05) is 30.7 Å². The van der Waals surface area contributed by atoms with Gasteiger partial charge in [-0.2, -0.15) is 0 Å². The van der Waals surface area contributed by atoms with Crippen LogP contribution < -0.4 is 5.73 Å². The highest BCUT2D eigenvalue weighted by atomic mass is 15.3. The van der Waals surface area contributed by atoms with Crippen molar-refractivity contribution < 1.29 is 0 Å². The van der Waals surface area contributed by atoms with Gasteiger partial charge in [0.05, 0.1) is 0 Å². The molecule has 3 rings (SSSR count). The van der Waals surface area contributed by atoms with Gasteiger partial charge >= 0.3 is 0 Å². The molecule has 0 aromatic heterocycles. The molecule has 0 aromatic carbocycles. The second-order valence-corrected chi connectivity index (χ2v) is 7.10. The third-order valence-electron chi connectivity index (χ3n) is 6.26. The van der Waals surface area contributed by atoms with Crippen molar-refractivity contribution in [3.8, 4) is 0 Å². The largest absolute Gasteiger partial charge is 0.329 e. The normalized spacial score (nSPS) is 44.7. The fraction of sp³-hybridized carbons (Fsp3) is 1.00. The molecule has 4 atom stereocenters. The first-order valence-corrected chi connectivity index (χ1v) is 8.40. The van der Waals surface area contributed by atoms with Gasteiger partial charge in [-0.1, -0.05) is 13.3 Å². The lowest BCUT2D eigenvalue weighted by Crippen LogP contribution is -2.56. The average Bonchev–Trinajstić information content (AvgIpc) is 2.68. The molecule has 2 bridgehead atoms. The SMILES string of the molecule is CCC1CCN(C2CC3CCC(C2)N3C)C(CN)C1. The van der Waals surface area contributed by atoms with E-state index >= 15 is 0 Å². The lowest BCUT2D eigenvalue weighted by molar-refractivity contribution is 0.0182. The summed E-state index contributed by atoms with van der Waals surface area (Å²) in [6.07, 6.45) is 9.71. The van der Waals surface area contributed by atoms with E-state index in [2.05, 4.69) is 23.8 Å². The lowest BCUT2D eigenvalue weighted by atomic mass is 9.85. The standard InChI is InChI=1S/C16H31N3/c1-3-12-6-7-19(16(8-12)11-17)15-9-13-4-5-14(10-15)18(13)2/h12-16H,3-11,17H2,1-2H3. The maximum atomic E-state index is 6.08. The average molecular weight is 265 g/mol. The molecule has 0 radical (unpaired) electrons. The fourth-order valence-electron chi connectivity index (χ4n) is 4.89. The molecular formula is C16H31N3. The minimum atomic E-state index is 0.659. The van der Waals surface area contributed by atoms with Gasteiger partial charge in [0.2, 0.25) is 0 Å². The van der Waals surface area contributed by atoms with Crippen molar-refractivity contribution in [1.29, 1.82) is 0 Å². The Morgan fingerprint density at radius 2 is 1.68 bits per heavy atom. The molecule has 0 saturated carbocycles. The minimum Gasteiger partial charge on any atom is -0.329 e. The van der Waals surface area contributed by atoms with Crippen LogP contribution in [0.4, 0.5) is 0 Å². The molecule has 3 saturated heterocycles. The first-order chi connectivity index (χ1) is 9.22. The molecule has 3 heterocycles. The smallest absolute Gasteiger partial charge is 0.0224 e. The van der Waals surface area contributed by atoms with Crippen LogP contribution in [0.1, 0.15) is 51.9 Å². The summed E-state index contributed by atoms with van der Waals surface area (Å²) in [5.74, 6) is 0.924. The van der Waals surface area contributed by atoms with E-state index in [1.807, 2.05) is 0 Å². The Labute approximate surface area is 118 Å². The molecule has 19 heavy (non-hydrogen) atoms. The summed E-state index contributed by atoms with van der Waals surface area (Å²) in [5.41, 5.74) is 6.08. The molecule has 3 heteroatoms. The van der Waals surface area contributed by atoms with Gasteiger partial charge in [0.15, 0.2) is 0 Å². The number of rotatable bonds is 3. The van der Waals surface area contributed by atoms with Crippen LogP contribution in [0.2, 0.25) is 0 Å². The number of likely N-dealkylation sites (tertiary alicyclic amines) is 1. The first kappa shape index (κ1) is 13.8. The van der Waals surface area contributed by atoms with E-state index < -0.39 is 0 Å². The van der Waals surface area contributed by atoms with E-state index in [-0.39, 0.29) is 0 Å². The maximum Gasteiger partial charge on any atom is 0.0224 e. The highest BCUT2D eigenvalue weighted by molar-refractivity contribution is 4.99. The van der Waals surface area contributed by atoms with Crippen LogP contribution in [0, 0.1) is 5.92 Å². The topological polar surface area (TPSA) is 32.5 Å². The van der Waals surface area contributed by atoms with E-state index in [4.69, 9.17) is 5.73 Å². The monoisotopic (exact) mass is 265 g/mol. The van der Waals surface area contributed by atoms with Gasteiger partial charge in [-0.25, -0.2) is 0 Å². The van der Waals surface area contributed by atoms with Crippen molar-refractivity contribution in [2.75, 3.05) is 20.1 Å². The Kier molecular flexibility index (Phi) is 4.16. The number of fused-ring (bicyclic) bond motifs is 2. The van der Waals surface area contributed by atoms with E-state index in [9.17, 15) is 0 Å². The first-order valence-electron chi connectivity index (χ1n) is 8.40. The molecule has 4 unspecified atom stereocenters. The molecule has 3 fully saturated rings. The van der Waals surface area contributed by atoms with Crippen LogP contribution in [-0.2, 0) is 0 Å². The Hall–Kier alpha value is -0.120. The predicted octanol–water partition coefficient (Wildman–Crippen LogP) is 2.06. The minimum absolute atomic E-state index is 0.659. The van der Waals surface area contributed by atoms with Crippen LogP contribution in [0.5, 0.6) is 0 Å². The van der Waals surface area contributed by atoms with Crippen LogP contribution in [0.15, 0.2) is 0 Å². The van der Waals surface area contributed by atoms with Gasteiger partial charge in [-0.3, -0.25) is 4.90 Å². The third-order valence-corrected chi connectivity index (χ3v) is 6.26. The summed E-state index contributed by atoms with van der Waals surface area (Å²) < 4.78 is 0. The van der Waals surface area contributed by atoms with Gasteiger partial charge in [0.1, 0.15) is 0 Å². The van der Waals surface area contributed by atoms with E-state index in [0.29, 0.717) is 6.04 Å². The van der Waals surface area contributed by atoms with Gasteiger partial charge in [-0.05, 0) is 58.0 Å². The molecule has 0 aromatic rings. The molecule has 2 N–H and O–H groups in total. The van der Waals surface area contributed by atoms with Crippen LogP contribution in [0.25, 0.3) is 0 Å². The Morgan fingerprint density at radius 1 is 1.00 bits per heavy atom. The highest BCUT2D eigenvalue weighted by Crippen LogP contribution is 2.38. The predicted molar refractivity (Wildman–Crippen MR) is 80.2 cm³/mol. The third kappa shape index (κ3) is 2.57.